The lowest BCUT2D eigenvalue weighted by atomic mass is 9.82. The Kier molecular flexibility index (Phi) is 11.8. The monoisotopic (exact) mass is 916 g/mol. The molecule has 334 valence electrons. The van der Waals surface area contributed by atoms with Crippen molar-refractivity contribution in [2.75, 3.05) is 9.80 Å². The normalized spacial score (nSPS) is 10.7. The third-order valence-electron chi connectivity index (χ3n) is 13.2. The summed E-state index contributed by atoms with van der Waals surface area (Å²) < 4.78 is 0. The van der Waals surface area contributed by atoms with E-state index >= 15 is 0 Å². The Morgan fingerprint density at radius 2 is 0.611 bits per heavy atom. The summed E-state index contributed by atoms with van der Waals surface area (Å²) >= 11 is 0. The molecule has 0 radical (unpaired) electrons. The summed E-state index contributed by atoms with van der Waals surface area (Å²) in [4.78, 5) is 8.04. The molecule has 0 aliphatic rings. The zero-order chi connectivity index (χ0) is 49.0. The molecule has 0 aromatic heterocycles. The molecule has 11 aromatic rings. The highest BCUT2D eigenvalue weighted by atomic mass is 15.1. The number of anilines is 6. The van der Waals surface area contributed by atoms with Gasteiger partial charge in [-0.1, -0.05) is 133 Å². The summed E-state index contributed by atoms with van der Waals surface area (Å²) in [5.41, 5.74) is 16.0. The number of nitriles is 3. The maximum absolute atomic E-state index is 9.81. The fraction of sp³-hybridized carbons (Fsp3) is 0. The Hall–Kier alpha value is -10.5. The third-order valence-corrected chi connectivity index (χ3v) is 13.2. The molecule has 0 aliphatic carbocycles. The first-order chi connectivity index (χ1) is 35.5. The summed E-state index contributed by atoms with van der Waals surface area (Å²) in [5, 5.41) is 33.5. The molecule has 11 aromatic carbocycles. The van der Waals surface area contributed by atoms with Crippen LogP contribution in [-0.2, 0) is 0 Å². The van der Waals surface area contributed by atoms with Gasteiger partial charge in [-0.05, 0) is 175 Å². The molecule has 0 saturated carbocycles. The second kappa shape index (κ2) is 19.2. The van der Waals surface area contributed by atoms with Crippen molar-refractivity contribution in [1.82, 2.24) is 0 Å². The van der Waals surface area contributed by atoms with Crippen molar-refractivity contribution in [3.63, 3.8) is 0 Å². The van der Waals surface area contributed by atoms with E-state index in [1.54, 1.807) is 0 Å². The van der Waals surface area contributed by atoms with Crippen LogP contribution in [0, 0.1) is 40.6 Å². The van der Waals surface area contributed by atoms with Crippen LogP contribution < -0.4 is 9.80 Å². The van der Waals surface area contributed by atoms with Gasteiger partial charge in [-0.25, -0.2) is 4.85 Å². The lowest BCUT2D eigenvalue weighted by Crippen LogP contribution is -2.10. The van der Waals surface area contributed by atoms with E-state index in [0.29, 0.717) is 22.4 Å². The lowest BCUT2D eigenvalue weighted by Gasteiger charge is -2.29. The Bertz CT molecular complexity index is 3610. The van der Waals surface area contributed by atoms with Crippen LogP contribution in [0.15, 0.2) is 243 Å². The van der Waals surface area contributed by atoms with Gasteiger partial charge in [0.1, 0.15) is 0 Å². The highest BCUT2D eigenvalue weighted by Gasteiger charge is 2.25. The quantitative estimate of drug-likeness (QED) is 0.101. The molecular weight excluding hydrogens is 877 g/mol. The summed E-state index contributed by atoms with van der Waals surface area (Å²) in [6, 6.07) is 88.8. The van der Waals surface area contributed by atoms with Crippen molar-refractivity contribution in [1.29, 1.82) is 15.8 Å². The number of benzene rings is 11. The van der Waals surface area contributed by atoms with Gasteiger partial charge in [0.05, 0.1) is 41.5 Å². The molecule has 0 saturated heterocycles. The molecule has 0 N–H and O–H groups in total. The minimum atomic E-state index is 0.543. The predicted molar refractivity (Wildman–Crippen MR) is 293 cm³/mol. The number of hydrogen-bond donors (Lipinski definition) is 0. The Morgan fingerprint density at radius 1 is 0.306 bits per heavy atom. The summed E-state index contributed by atoms with van der Waals surface area (Å²) in [5.74, 6) is 0. The molecule has 0 aliphatic heterocycles. The van der Waals surface area contributed by atoms with Gasteiger partial charge in [-0.15, -0.1) is 0 Å². The van der Waals surface area contributed by atoms with Crippen LogP contribution in [0.3, 0.4) is 0 Å². The van der Waals surface area contributed by atoms with Crippen LogP contribution in [0.1, 0.15) is 16.7 Å². The first kappa shape index (κ1) is 44.0. The van der Waals surface area contributed by atoms with E-state index in [1.165, 1.54) is 0 Å². The van der Waals surface area contributed by atoms with Gasteiger partial charge in [-0.2, -0.15) is 15.8 Å². The van der Waals surface area contributed by atoms with Crippen molar-refractivity contribution in [3.05, 3.63) is 271 Å². The second-order valence-electron chi connectivity index (χ2n) is 17.3. The Balaban J connectivity index is 1.28. The van der Waals surface area contributed by atoms with Gasteiger partial charge in [-0.3, -0.25) is 0 Å². The standard InChI is InChI=1S/C66H40N6/c1-70-50-26-34-54(35-27-50)72(53-32-24-47(44-69)25-33-53)56-37-39-62-64(41-56)66(60-19-11-9-17-58(60)49-14-6-3-7-15-49)61-38-36-55(40-63(61)65(62)59-18-10-8-16-57(59)48-12-4-2-5-13-48)71(51-28-20-45(42-67)21-29-51)52-30-22-46(43-68)23-31-52/h2-41H. The van der Waals surface area contributed by atoms with Crippen molar-refractivity contribution < 1.29 is 0 Å². The zero-order valence-electron chi connectivity index (χ0n) is 38.8. The molecule has 0 spiro atoms. The minimum Gasteiger partial charge on any atom is -0.311 e. The molecule has 0 bridgehead atoms. The van der Waals surface area contributed by atoms with E-state index in [2.05, 4.69) is 166 Å². The highest BCUT2D eigenvalue weighted by molar-refractivity contribution is 6.24. The lowest BCUT2D eigenvalue weighted by molar-refractivity contribution is 1.28. The van der Waals surface area contributed by atoms with Crippen LogP contribution in [0.25, 0.3) is 70.9 Å². The van der Waals surface area contributed by atoms with E-state index in [-0.39, 0.29) is 0 Å². The molecule has 0 unspecified atom stereocenters. The van der Waals surface area contributed by atoms with Crippen molar-refractivity contribution in [2.24, 2.45) is 0 Å². The molecule has 72 heavy (non-hydrogen) atoms. The summed E-state index contributed by atoms with van der Waals surface area (Å²) in [6.07, 6.45) is 0. The van der Waals surface area contributed by atoms with Gasteiger partial charge >= 0.3 is 0 Å². The summed E-state index contributed by atoms with van der Waals surface area (Å²) in [6.45, 7) is 7.71. The SMILES string of the molecule is [C-]#[N+]c1ccc(N(c2ccc(C#N)cc2)c2ccc3c(-c4ccccc4-c4ccccc4)c4cc(N(c5ccc(C#N)cc5)c5ccc(C#N)cc5)ccc4c(-c4ccccc4-c4ccccc4)c3c2)cc1. The number of fused-ring (bicyclic) bond motifs is 2. The maximum Gasteiger partial charge on any atom is 0.187 e. The van der Waals surface area contributed by atoms with E-state index in [4.69, 9.17) is 6.57 Å². The largest absolute Gasteiger partial charge is 0.311 e. The van der Waals surface area contributed by atoms with Crippen molar-refractivity contribution in [3.8, 4) is 62.7 Å². The number of rotatable bonds is 10. The molecule has 0 heterocycles. The average Bonchev–Trinajstić information content (AvgIpc) is 3.46. The van der Waals surface area contributed by atoms with E-state index in [1.807, 2.05) is 109 Å². The predicted octanol–water partition coefficient (Wildman–Crippen LogP) is 17.8. The number of nitrogens with zero attached hydrogens (tertiary/aromatic N) is 6. The second-order valence-corrected chi connectivity index (χ2v) is 17.3. The van der Waals surface area contributed by atoms with Gasteiger partial charge in [0.15, 0.2) is 5.69 Å². The van der Waals surface area contributed by atoms with Crippen molar-refractivity contribution in [2.45, 2.75) is 0 Å². The van der Waals surface area contributed by atoms with Crippen LogP contribution in [0.2, 0.25) is 0 Å². The van der Waals surface area contributed by atoms with Gasteiger partial charge in [0.2, 0.25) is 0 Å². The molecule has 11 rings (SSSR count). The topological polar surface area (TPSA) is 82.2 Å². The molecule has 0 atom stereocenters. The zero-order valence-corrected chi connectivity index (χ0v) is 38.8. The maximum atomic E-state index is 9.81. The van der Waals surface area contributed by atoms with Crippen LogP contribution >= 0.6 is 0 Å². The molecular formula is C66H40N6. The fourth-order valence-electron chi connectivity index (χ4n) is 9.83. The van der Waals surface area contributed by atoms with Gasteiger partial charge in [0.25, 0.3) is 0 Å². The van der Waals surface area contributed by atoms with Crippen LogP contribution in [0.5, 0.6) is 0 Å². The molecule has 6 heteroatoms. The molecule has 0 fully saturated rings. The molecule has 0 amide bonds. The third kappa shape index (κ3) is 8.21. The van der Waals surface area contributed by atoms with E-state index < -0.39 is 0 Å². The first-order valence-electron chi connectivity index (χ1n) is 23.4. The summed E-state index contributed by atoms with van der Waals surface area (Å²) in [7, 11) is 0. The van der Waals surface area contributed by atoms with Crippen LogP contribution in [-0.4, -0.2) is 0 Å². The molecule has 6 nitrogen and oxygen atoms in total. The Labute approximate surface area is 418 Å². The van der Waals surface area contributed by atoms with E-state index in [9.17, 15) is 15.8 Å². The smallest absolute Gasteiger partial charge is 0.187 e. The first-order valence-corrected chi connectivity index (χ1v) is 23.4. The van der Waals surface area contributed by atoms with Crippen molar-refractivity contribution >= 4 is 61.4 Å². The van der Waals surface area contributed by atoms with Gasteiger partial charge < -0.3 is 9.80 Å². The van der Waals surface area contributed by atoms with Gasteiger partial charge in [0, 0.05) is 34.1 Å². The van der Waals surface area contributed by atoms with E-state index in [0.717, 1.165) is 100 Å². The average molecular weight is 917 g/mol. The van der Waals surface area contributed by atoms with Crippen LogP contribution in [0.4, 0.5) is 39.8 Å². The number of hydrogen-bond acceptors (Lipinski definition) is 5. The highest BCUT2D eigenvalue weighted by Crippen LogP contribution is 2.51. The minimum absolute atomic E-state index is 0.543. The fourth-order valence-corrected chi connectivity index (χ4v) is 9.83. The Morgan fingerprint density at radius 3 is 0.944 bits per heavy atom.